The fraction of sp³-hybridized carbons (Fsp3) is 0.688. The van der Waals surface area contributed by atoms with Gasteiger partial charge in [0.05, 0.1) is 0 Å². The first kappa shape index (κ1) is 41.5. The second kappa shape index (κ2) is 22.9. The summed E-state index contributed by atoms with van der Waals surface area (Å²) in [5, 5.41) is 13.3. The molecule has 2 atom stereocenters. The summed E-state index contributed by atoms with van der Waals surface area (Å²) in [5.74, 6) is -3.25. The molecule has 16 heteroatoms. The summed E-state index contributed by atoms with van der Waals surface area (Å²) in [6.07, 6.45) is 7.17. The lowest BCUT2D eigenvalue weighted by molar-refractivity contribution is -0.139. The smallest absolute Gasteiger partial charge is 0.244 e. The monoisotopic (exact) mass is 678 g/mol. The molecule has 1 aliphatic rings. The Bertz CT molecular complexity index is 1170. The van der Waals surface area contributed by atoms with Crippen LogP contribution in [0.1, 0.15) is 85.0 Å². The normalized spacial score (nSPS) is 13.8. The summed E-state index contributed by atoms with van der Waals surface area (Å²) in [4.78, 5) is 97.8. The molecule has 0 aromatic rings. The molecule has 9 N–H and O–H groups in total. The molecule has 0 aromatic carbocycles. The molecule has 0 saturated heterocycles. The van der Waals surface area contributed by atoms with Crippen LogP contribution in [-0.2, 0) is 38.4 Å². The van der Waals surface area contributed by atoms with Gasteiger partial charge in [-0.3, -0.25) is 38.4 Å². The highest BCUT2D eigenvalue weighted by Crippen LogP contribution is 2.39. The molecule has 0 radical (unpaired) electrons. The van der Waals surface area contributed by atoms with Gasteiger partial charge < -0.3 is 43.0 Å². The molecule has 16 nitrogen and oxygen atoms in total. The standard InChI is InChI=1S/C32H54N8O8/c1-21(30(33)46)9-8-17-37-28(44)20-40(19-27(43)36-16-6-4-10-25(31(34)47)24-12-13-24)29(45)14-18-38-32(48)26(39-23(3)42)11-5-7-15-35-22(2)41/h9,24-26H,4-8,10-20H2,1-3H3,(H2,33,46)(H2,34,47)(H,35,41)(H,36,43)(H,37,44)(H,38,48)(H,39,42)/t25-,26+/m1/s1. The molecule has 1 saturated carbocycles. The number of nitrogens with zero attached hydrogens (tertiary/aromatic N) is 1. The fourth-order valence-corrected chi connectivity index (χ4v) is 4.94. The van der Waals surface area contributed by atoms with Gasteiger partial charge in [-0.25, -0.2) is 0 Å². The number of hydrogen-bond donors (Lipinski definition) is 7. The number of hydrogen-bond acceptors (Lipinski definition) is 8. The van der Waals surface area contributed by atoms with Crippen LogP contribution in [0.4, 0.5) is 0 Å². The first-order chi connectivity index (χ1) is 22.7. The zero-order chi connectivity index (χ0) is 36.1. The third-order valence-corrected chi connectivity index (χ3v) is 7.77. The van der Waals surface area contributed by atoms with Crippen molar-refractivity contribution in [1.82, 2.24) is 31.5 Å². The Hall–Kier alpha value is -4.50. The van der Waals surface area contributed by atoms with Gasteiger partial charge in [0.15, 0.2) is 0 Å². The predicted octanol–water partition coefficient (Wildman–Crippen LogP) is -1.13. The second-order valence-corrected chi connectivity index (χ2v) is 12.1. The third kappa shape index (κ3) is 19.2. The quantitative estimate of drug-likeness (QED) is 0.0458. The molecular formula is C32H54N8O8. The zero-order valence-electron chi connectivity index (χ0n) is 28.5. The molecule has 1 rings (SSSR count). The van der Waals surface area contributed by atoms with Crippen LogP contribution in [0.25, 0.3) is 0 Å². The van der Waals surface area contributed by atoms with Crippen LogP contribution >= 0.6 is 0 Å². The van der Waals surface area contributed by atoms with E-state index in [1.807, 2.05) is 0 Å². The molecule has 0 aliphatic heterocycles. The van der Waals surface area contributed by atoms with Gasteiger partial charge in [0.25, 0.3) is 0 Å². The summed E-state index contributed by atoms with van der Waals surface area (Å²) >= 11 is 0. The van der Waals surface area contributed by atoms with Crippen LogP contribution < -0.4 is 38.1 Å². The summed E-state index contributed by atoms with van der Waals surface area (Å²) in [6, 6.07) is -0.836. The highest BCUT2D eigenvalue weighted by molar-refractivity contribution is 5.91. The Morgan fingerprint density at radius 1 is 0.729 bits per heavy atom. The zero-order valence-corrected chi connectivity index (χ0v) is 28.5. The maximum absolute atomic E-state index is 13.1. The van der Waals surface area contributed by atoms with Crippen molar-refractivity contribution in [3.63, 3.8) is 0 Å². The summed E-state index contributed by atoms with van der Waals surface area (Å²) in [5.41, 5.74) is 11.0. The van der Waals surface area contributed by atoms with E-state index in [0.29, 0.717) is 69.5 Å². The van der Waals surface area contributed by atoms with Crippen molar-refractivity contribution in [2.24, 2.45) is 23.3 Å². The number of nitrogens with one attached hydrogen (secondary N) is 5. The van der Waals surface area contributed by atoms with E-state index in [1.54, 1.807) is 13.0 Å². The maximum atomic E-state index is 13.1. The van der Waals surface area contributed by atoms with Crippen molar-refractivity contribution in [3.8, 4) is 0 Å². The lowest BCUT2D eigenvalue weighted by Gasteiger charge is -2.22. The van der Waals surface area contributed by atoms with Gasteiger partial charge in [-0.05, 0) is 64.2 Å². The molecule has 48 heavy (non-hydrogen) atoms. The van der Waals surface area contributed by atoms with E-state index in [1.165, 1.54) is 13.8 Å². The van der Waals surface area contributed by atoms with E-state index < -0.39 is 54.6 Å². The molecule has 1 fully saturated rings. The summed E-state index contributed by atoms with van der Waals surface area (Å²) in [6.45, 7) is 4.28. The molecule has 270 valence electrons. The number of carbonyl (C=O) groups excluding carboxylic acids is 8. The van der Waals surface area contributed by atoms with Crippen molar-refractivity contribution >= 4 is 47.3 Å². The van der Waals surface area contributed by atoms with Crippen LogP contribution in [0.3, 0.4) is 0 Å². The molecule has 0 heterocycles. The van der Waals surface area contributed by atoms with E-state index in [-0.39, 0.29) is 37.2 Å². The Labute approximate surface area is 282 Å². The van der Waals surface area contributed by atoms with E-state index in [0.717, 1.165) is 17.7 Å². The van der Waals surface area contributed by atoms with Crippen molar-refractivity contribution < 1.29 is 38.4 Å². The van der Waals surface area contributed by atoms with E-state index in [9.17, 15) is 38.4 Å². The molecule has 8 amide bonds. The van der Waals surface area contributed by atoms with Gasteiger partial charge in [-0.2, -0.15) is 0 Å². The number of unbranched alkanes of at least 4 members (excludes halogenated alkanes) is 2. The van der Waals surface area contributed by atoms with Gasteiger partial charge in [0, 0.05) is 57.9 Å². The largest absolute Gasteiger partial charge is 0.369 e. The molecule has 1 aliphatic carbocycles. The van der Waals surface area contributed by atoms with Crippen LogP contribution in [0, 0.1) is 11.8 Å². The minimum atomic E-state index is -0.836. The number of carbonyl (C=O) groups is 8. The second-order valence-electron chi connectivity index (χ2n) is 12.1. The topological polar surface area (TPSA) is 252 Å². The van der Waals surface area contributed by atoms with Gasteiger partial charge in [0.2, 0.25) is 47.3 Å². The predicted molar refractivity (Wildman–Crippen MR) is 177 cm³/mol. The lowest BCUT2D eigenvalue weighted by atomic mass is 9.96. The number of primary amides is 2. The molecular weight excluding hydrogens is 624 g/mol. The van der Waals surface area contributed by atoms with Crippen LogP contribution in [0.15, 0.2) is 11.6 Å². The van der Waals surface area contributed by atoms with Crippen molar-refractivity contribution in [2.75, 3.05) is 39.3 Å². The fourth-order valence-electron chi connectivity index (χ4n) is 4.94. The van der Waals surface area contributed by atoms with Crippen molar-refractivity contribution in [2.45, 2.75) is 91.0 Å². The highest BCUT2D eigenvalue weighted by atomic mass is 16.2. The third-order valence-electron chi connectivity index (χ3n) is 7.77. The molecule has 0 bridgehead atoms. The summed E-state index contributed by atoms with van der Waals surface area (Å²) in [7, 11) is 0. The van der Waals surface area contributed by atoms with Crippen LogP contribution in [0.2, 0.25) is 0 Å². The van der Waals surface area contributed by atoms with Crippen LogP contribution in [0.5, 0.6) is 0 Å². The average molecular weight is 679 g/mol. The first-order valence-corrected chi connectivity index (χ1v) is 16.6. The Morgan fingerprint density at radius 3 is 1.85 bits per heavy atom. The Morgan fingerprint density at radius 2 is 1.31 bits per heavy atom. The van der Waals surface area contributed by atoms with Crippen LogP contribution in [-0.4, -0.2) is 97.5 Å². The van der Waals surface area contributed by atoms with Gasteiger partial charge in [0.1, 0.15) is 19.1 Å². The van der Waals surface area contributed by atoms with E-state index in [4.69, 9.17) is 11.5 Å². The SMILES string of the molecule is CC(=O)NCCCC[C@H](NC(C)=O)C(=O)NCCC(=O)N(CC(=O)NCCC=C(C)C(N)=O)CC(=O)NCCCC[C@@H](C(N)=O)C1CC1. The first-order valence-electron chi connectivity index (χ1n) is 16.6. The minimum Gasteiger partial charge on any atom is -0.369 e. The van der Waals surface area contributed by atoms with Crippen molar-refractivity contribution in [3.05, 3.63) is 11.6 Å². The summed E-state index contributed by atoms with van der Waals surface area (Å²) < 4.78 is 0. The lowest BCUT2D eigenvalue weighted by Crippen LogP contribution is -2.48. The van der Waals surface area contributed by atoms with Gasteiger partial charge in [-0.15, -0.1) is 0 Å². The molecule has 0 spiro atoms. The molecule has 0 aromatic heterocycles. The number of rotatable bonds is 25. The minimum absolute atomic E-state index is 0.0986. The number of nitrogens with two attached hydrogens (primary N) is 2. The van der Waals surface area contributed by atoms with Gasteiger partial charge >= 0.3 is 0 Å². The van der Waals surface area contributed by atoms with E-state index in [2.05, 4.69) is 26.6 Å². The average Bonchev–Trinajstić information content (AvgIpc) is 3.84. The Balaban J connectivity index is 2.69. The Kier molecular flexibility index (Phi) is 19.8. The van der Waals surface area contributed by atoms with Gasteiger partial charge in [-0.1, -0.05) is 12.5 Å². The highest BCUT2D eigenvalue weighted by Gasteiger charge is 2.34. The number of amides is 8. The maximum Gasteiger partial charge on any atom is 0.244 e. The molecule has 0 unspecified atom stereocenters. The van der Waals surface area contributed by atoms with E-state index >= 15 is 0 Å². The van der Waals surface area contributed by atoms with Crippen molar-refractivity contribution in [1.29, 1.82) is 0 Å².